The van der Waals surface area contributed by atoms with Crippen molar-refractivity contribution >= 4 is 17.9 Å². The molecular formula is C55H106O6. The Balaban J connectivity index is 4.17. The molecule has 0 aromatic heterocycles. The SMILES string of the molecule is CCCCCCCCCCCCCCCCCCCCCCCC(=O)OCC(COC(=O)CCCCCCCCCCCCC)OC(=O)CCCCCCCCCCCCC. The van der Waals surface area contributed by atoms with Gasteiger partial charge in [-0.1, -0.05) is 278 Å². The fourth-order valence-corrected chi connectivity index (χ4v) is 8.45. The number of hydrogen-bond donors (Lipinski definition) is 0. The van der Waals surface area contributed by atoms with E-state index < -0.39 is 6.10 Å². The maximum atomic E-state index is 12.8. The van der Waals surface area contributed by atoms with Gasteiger partial charge in [0.25, 0.3) is 0 Å². The van der Waals surface area contributed by atoms with Gasteiger partial charge in [-0.15, -0.1) is 0 Å². The zero-order valence-electron chi connectivity index (χ0n) is 41.5. The molecule has 0 fully saturated rings. The molecule has 0 radical (unpaired) electrons. The first kappa shape index (κ1) is 59.4. The van der Waals surface area contributed by atoms with E-state index in [9.17, 15) is 14.4 Å². The minimum Gasteiger partial charge on any atom is -0.462 e. The highest BCUT2D eigenvalue weighted by atomic mass is 16.6. The first-order chi connectivity index (χ1) is 30.0. The van der Waals surface area contributed by atoms with E-state index in [1.54, 1.807) is 0 Å². The molecule has 0 saturated heterocycles. The van der Waals surface area contributed by atoms with Gasteiger partial charge in [-0.3, -0.25) is 14.4 Å². The molecule has 0 N–H and O–H groups in total. The fourth-order valence-electron chi connectivity index (χ4n) is 8.45. The first-order valence-electron chi connectivity index (χ1n) is 27.5. The molecule has 362 valence electrons. The van der Waals surface area contributed by atoms with Crippen LogP contribution >= 0.6 is 0 Å². The Labute approximate surface area is 380 Å². The van der Waals surface area contributed by atoms with Gasteiger partial charge >= 0.3 is 17.9 Å². The maximum absolute atomic E-state index is 12.8. The van der Waals surface area contributed by atoms with Gasteiger partial charge in [-0.05, 0) is 19.3 Å². The third-order valence-corrected chi connectivity index (χ3v) is 12.6. The van der Waals surface area contributed by atoms with Gasteiger partial charge in [0.2, 0.25) is 0 Å². The Morgan fingerprint density at radius 2 is 0.443 bits per heavy atom. The van der Waals surface area contributed by atoms with Crippen molar-refractivity contribution in [2.24, 2.45) is 0 Å². The van der Waals surface area contributed by atoms with Gasteiger partial charge in [0.1, 0.15) is 13.2 Å². The van der Waals surface area contributed by atoms with Crippen molar-refractivity contribution in [3.05, 3.63) is 0 Å². The van der Waals surface area contributed by atoms with Crippen LogP contribution in [0.4, 0.5) is 0 Å². The summed E-state index contributed by atoms with van der Waals surface area (Å²) in [5.41, 5.74) is 0. The topological polar surface area (TPSA) is 78.9 Å². The lowest BCUT2D eigenvalue weighted by Crippen LogP contribution is -2.30. The summed E-state index contributed by atoms with van der Waals surface area (Å²) in [6, 6.07) is 0. The summed E-state index contributed by atoms with van der Waals surface area (Å²) >= 11 is 0. The Bertz CT molecular complexity index is 905. The number of ether oxygens (including phenoxy) is 3. The molecule has 0 saturated carbocycles. The quantitative estimate of drug-likeness (QED) is 0.0344. The van der Waals surface area contributed by atoms with Crippen LogP contribution in [0.1, 0.15) is 316 Å². The lowest BCUT2D eigenvalue weighted by molar-refractivity contribution is -0.167. The Hall–Kier alpha value is -1.59. The molecule has 0 aliphatic carbocycles. The summed E-state index contributed by atoms with van der Waals surface area (Å²) in [5, 5.41) is 0. The highest BCUT2D eigenvalue weighted by Crippen LogP contribution is 2.17. The van der Waals surface area contributed by atoms with Gasteiger partial charge in [0.05, 0.1) is 0 Å². The van der Waals surface area contributed by atoms with Crippen molar-refractivity contribution in [1.29, 1.82) is 0 Å². The number of hydrogen-bond acceptors (Lipinski definition) is 6. The van der Waals surface area contributed by atoms with Crippen LogP contribution in [0.15, 0.2) is 0 Å². The van der Waals surface area contributed by atoms with Gasteiger partial charge in [0.15, 0.2) is 6.10 Å². The third-order valence-electron chi connectivity index (χ3n) is 12.6. The fraction of sp³-hybridized carbons (Fsp3) is 0.945. The Kier molecular flexibility index (Phi) is 49.7. The molecule has 1 atom stereocenters. The monoisotopic (exact) mass is 863 g/mol. The van der Waals surface area contributed by atoms with Crippen molar-refractivity contribution in [1.82, 2.24) is 0 Å². The van der Waals surface area contributed by atoms with Gasteiger partial charge in [-0.25, -0.2) is 0 Å². The molecule has 0 heterocycles. The molecule has 0 rings (SSSR count). The van der Waals surface area contributed by atoms with E-state index in [0.717, 1.165) is 57.8 Å². The number of unbranched alkanes of at least 4 members (excludes halogenated alkanes) is 40. The summed E-state index contributed by atoms with van der Waals surface area (Å²) in [7, 11) is 0. The van der Waals surface area contributed by atoms with E-state index >= 15 is 0 Å². The summed E-state index contributed by atoms with van der Waals surface area (Å²) in [4.78, 5) is 37.9. The van der Waals surface area contributed by atoms with Crippen LogP contribution in [0, 0.1) is 0 Å². The maximum Gasteiger partial charge on any atom is 0.306 e. The molecule has 61 heavy (non-hydrogen) atoms. The second kappa shape index (κ2) is 51.0. The minimum atomic E-state index is -0.759. The Morgan fingerprint density at radius 3 is 0.656 bits per heavy atom. The van der Waals surface area contributed by atoms with Crippen LogP contribution < -0.4 is 0 Å². The predicted octanol–water partition coefficient (Wildman–Crippen LogP) is 18.0. The molecule has 0 aromatic carbocycles. The number of rotatable bonds is 51. The van der Waals surface area contributed by atoms with Gasteiger partial charge < -0.3 is 14.2 Å². The van der Waals surface area contributed by atoms with Crippen LogP contribution in [0.25, 0.3) is 0 Å². The molecule has 6 nitrogen and oxygen atoms in total. The van der Waals surface area contributed by atoms with Crippen LogP contribution in [0.5, 0.6) is 0 Å². The molecule has 0 aliphatic heterocycles. The second-order valence-corrected chi connectivity index (χ2v) is 18.9. The van der Waals surface area contributed by atoms with Crippen molar-refractivity contribution in [3.63, 3.8) is 0 Å². The lowest BCUT2D eigenvalue weighted by atomic mass is 10.0. The second-order valence-electron chi connectivity index (χ2n) is 18.9. The Morgan fingerprint density at radius 1 is 0.262 bits per heavy atom. The lowest BCUT2D eigenvalue weighted by Gasteiger charge is -2.18. The highest BCUT2D eigenvalue weighted by Gasteiger charge is 2.19. The molecule has 6 heteroatoms. The van der Waals surface area contributed by atoms with Crippen LogP contribution in [-0.4, -0.2) is 37.2 Å². The number of carbonyl (C=O) groups excluding carboxylic acids is 3. The summed E-state index contributed by atoms with van der Waals surface area (Å²) in [6.45, 7) is 6.68. The van der Waals surface area contributed by atoms with E-state index in [1.165, 1.54) is 218 Å². The largest absolute Gasteiger partial charge is 0.462 e. The van der Waals surface area contributed by atoms with Crippen LogP contribution in [-0.2, 0) is 28.6 Å². The van der Waals surface area contributed by atoms with Gasteiger partial charge in [0, 0.05) is 19.3 Å². The molecule has 1 unspecified atom stereocenters. The van der Waals surface area contributed by atoms with Crippen LogP contribution in [0.3, 0.4) is 0 Å². The average Bonchev–Trinajstić information content (AvgIpc) is 3.26. The molecule has 0 bridgehead atoms. The minimum absolute atomic E-state index is 0.0617. The number of carbonyl (C=O) groups is 3. The van der Waals surface area contributed by atoms with E-state index in [-0.39, 0.29) is 31.1 Å². The smallest absolute Gasteiger partial charge is 0.306 e. The van der Waals surface area contributed by atoms with Gasteiger partial charge in [-0.2, -0.15) is 0 Å². The van der Waals surface area contributed by atoms with E-state index in [0.29, 0.717) is 19.3 Å². The normalized spacial score (nSPS) is 11.9. The van der Waals surface area contributed by atoms with E-state index in [1.807, 2.05) is 0 Å². The molecule has 0 aromatic rings. The average molecular weight is 863 g/mol. The van der Waals surface area contributed by atoms with E-state index in [2.05, 4.69) is 20.8 Å². The zero-order chi connectivity index (χ0) is 44.4. The highest BCUT2D eigenvalue weighted by molar-refractivity contribution is 5.71. The zero-order valence-corrected chi connectivity index (χ0v) is 41.5. The summed E-state index contributed by atoms with van der Waals surface area (Å²) in [5.74, 6) is -0.840. The van der Waals surface area contributed by atoms with Crippen molar-refractivity contribution < 1.29 is 28.6 Å². The summed E-state index contributed by atoms with van der Waals surface area (Å²) in [6.07, 6.45) is 55.3. The molecular weight excluding hydrogens is 757 g/mol. The van der Waals surface area contributed by atoms with Crippen molar-refractivity contribution in [3.8, 4) is 0 Å². The standard InChI is InChI=1S/C55H106O6/c1-4-7-10-13-16-19-22-23-24-25-26-27-28-29-30-31-34-36-39-42-45-48-54(57)60-51-52(61-55(58)49-46-43-40-37-33-21-18-15-12-9-6-3)50-59-53(56)47-44-41-38-35-32-20-17-14-11-8-5-2/h52H,4-51H2,1-3H3. The molecule has 0 aliphatic rings. The molecule has 0 amide bonds. The van der Waals surface area contributed by atoms with Crippen LogP contribution in [0.2, 0.25) is 0 Å². The third kappa shape index (κ3) is 49.3. The predicted molar refractivity (Wildman–Crippen MR) is 261 cm³/mol. The van der Waals surface area contributed by atoms with Crippen molar-refractivity contribution in [2.75, 3.05) is 13.2 Å². The summed E-state index contributed by atoms with van der Waals surface area (Å²) < 4.78 is 16.8. The van der Waals surface area contributed by atoms with E-state index in [4.69, 9.17) is 14.2 Å². The first-order valence-corrected chi connectivity index (χ1v) is 27.5. The van der Waals surface area contributed by atoms with Crippen molar-refractivity contribution in [2.45, 2.75) is 322 Å². The number of esters is 3. The molecule has 0 spiro atoms.